The fourth-order valence-electron chi connectivity index (χ4n) is 1.33. The van der Waals surface area contributed by atoms with E-state index in [0.717, 1.165) is 6.54 Å². The molecule has 78 valence electrons. The summed E-state index contributed by atoms with van der Waals surface area (Å²) in [5, 5.41) is 0.534. The van der Waals surface area contributed by atoms with Gasteiger partial charge in [0.25, 0.3) is 0 Å². The first-order valence-electron chi connectivity index (χ1n) is 5.15. The van der Waals surface area contributed by atoms with Crippen molar-refractivity contribution in [3.8, 4) is 0 Å². The van der Waals surface area contributed by atoms with Crippen LogP contribution >= 0.6 is 12.2 Å². The Hall–Kier alpha value is -0.310. The Balaban J connectivity index is 3.64. The van der Waals surface area contributed by atoms with Crippen molar-refractivity contribution in [3.05, 3.63) is 0 Å². The molecule has 0 aliphatic heterocycles. The first-order chi connectivity index (χ1) is 6.09. The zero-order chi connectivity index (χ0) is 10.3. The van der Waals surface area contributed by atoms with Crippen LogP contribution < -0.4 is 5.73 Å². The summed E-state index contributed by atoms with van der Waals surface area (Å²) in [5.41, 5.74) is 5.61. The maximum atomic E-state index is 5.61. The van der Waals surface area contributed by atoms with Crippen molar-refractivity contribution < 1.29 is 0 Å². The van der Waals surface area contributed by atoms with Crippen LogP contribution in [-0.2, 0) is 0 Å². The predicted octanol–water partition coefficient (Wildman–Crippen LogP) is 2.52. The molecule has 0 aromatic carbocycles. The molecule has 0 rings (SSSR count). The summed E-state index contributed by atoms with van der Waals surface area (Å²) in [6, 6.07) is 0.430. The van der Waals surface area contributed by atoms with Crippen molar-refractivity contribution >= 4 is 17.3 Å². The van der Waals surface area contributed by atoms with Crippen LogP contribution in [0.3, 0.4) is 0 Å². The summed E-state index contributed by atoms with van der Waals surface area (Å²) in [5.74, 6) is 0. The van der Waals surface area contributed by atoms with Gasteiger partial charge in [-0.25, -0.2) is 0 Å². The minimum atomic E-state index is 0.430. The van der Waals surface area contributed by atoms with E-state index in [1.165, 1.54) is 25.7 Å². The van der Waals surface area contributed by atoms with Crippen LogP contribution in [0.1, 0.15) is 46.5 Å². The van der Waals surface area contributed by atoms with E-state index in [-0.39, 0.29) is 0 Å². The SMILES string of the molecule is CCCCCCN(C(N)=S)C(C)C. The van der Waals surface area contributed by atoms with Crippen molar-refractivity contribution in [1.29, 1.82) is 0 Å². The van der Waals surface area contributed by atoms with E-state index in [9.17, 15) is 0 Å². The molecule has 0 aliphatic carbocycles. The molecule has 2 nitrogen and oxygen atoms in total. The Morgan fingerprint density at radius 3 is 2.31 bits per heavy atom. The lowest BCUT2D eigenvalue weighted by molar-refractivity contribution is 0.341. The fraction of sp³-hybridized carbons (Fsp3) is 0.900. The van der Waals surface area contributed by atoms with Crippen LogP contribution in [0.2, 0.25) is 0 Å². The number of nitrogens with zero attached hydrogens (tertiary/aromatic N) is 1. The highest BCUT2D eigenvalue weighted by atomic mass is 32.1. The van der Waals surface area contributed by atoms with Gasteiger partial charge >= 0.3 is 0 Å². The Morgan fingerprint density at radius 1 is 1.31 bits per heavy atom. The van der Waals surface area contributed by atoms with Crippen LogP contribution in [0, 0.1) is 0 Å². The molecule has 0 aliphatic rings. The first-order valence-corrected chi connectivity index (χ1v) is 5.56. The van der Waals surface area contributed by atoms with Crippen LogP contribution in [-0.4, -0.2) is 22.6 Å². The zero-order valence-corrected chi connectivity index (χ0v) is 9.86. The van der Waals surface area contributed by atoms with E-state index in [0.29, 0.717) is 11.2 Å². The highest BCUT2D eigenvalue weighted by Gasteiger charge is 2.08. The molecule has 0 aromatic rings. The maximum absolute atomic E-state index is 5.61. The van der Waals surface area contributed by atoms with Crippen LogP contribution in [0.25, 0.3) is 0 Å². The van der Waals surface area contributed by atoms with Crippen molar-refractivity contribution in [2.45, 2.75) is 52.5 Å². The lowest BCUT2D eigenvalue weighted by Gasteiger charge is -2.26. The van der Waals surface area contributed by atoms with Gasteiger partial charge in [0.1, 0.15) is 0 Å². The molecule has 0 radical (unpaired) electrons. The van der Waals surface area contributed by atoms with Gasteiger partial charge in [-0.3, -0.25) is 0 Å². The molecule has 0 unspecified atom stereocenters. The smallest absolute Gasteiger partial charge is 0.166 e. The number of unbranched alkanes of at least 4 members (excludes halogenated alkanes) is 3. The minimum absolute atomic E-state index is 0.430. The Bertz CT molecular complexity index is 146. The third-order valence-corrected chi connectivity index (χ3v) is 2.39. The predicted molar refractivity (Wildman–Crippen MR) is 62.8 cm³/mol. The number of rotatable bonds is 6. The van der Waals surface area contributed by atoms with Gasteiger partial charge in [0.15, 0.2) is 5.11 Å². The van der Waals surface area contributed by atoms with Crippen LogP contribution in [0.5, 0.6) is 0 Å². The summed E-state index contributed by atoms with van der Waals surface area (Å²) >= 11 is 4.97. The standard InChI is InChI=1S/C10H22N2S/c1-4-5-6-7-8-12(9(2)3)10(11)13/h9H,4-8H2,1-3H3,(H2,11,13). The summed E-state index contributed by atoms with van der Waals surface area (Å²) in [6.07, 6.45) is 5.06. The molecule has 0 atom stereocenters. The molecular formula is C10H22N2S. The molecule has 3 heteroatoms. The van der Waals surface area contributed by atoms with Crippen molar-refractivity contribution in [3.63, 3.8) is 0 Å². The lowest BCUT2D eigenvalue weighted by atomic mass is 10.2. The number of thiocarbonyl (C=S) groups is 1. The third kappa shape index (κ3) is 5.86. The van der Waals surface area contributed by atoms with E-state index < -0.39 is 0 Å². The third-order valence-electron chi connectivity index (χ3n) is 2.16. The molecule has 0 bridgehead atoms. The summed E-state index contributed by atoms with van der Waals surface area (Å²) in [7, 11) is 0. The highest BCUT2D eigenvalue weighted by molar-refractivity contribution is 7.80. The minimum Gasteiger partial charge on any atom is -0.376 e. The molecule has 13 heavy (non-hydrogen) atoms. The quantitative estimate of drug-likeness (QED) is 0.530. The molecular weight excluding hydrogens is 180 g/mol. The monoisotopic (exact) mass is 202 g/mol. The maximum Gasteiger partial charge on any atom is 0.166 e. The second-order valence-corrected chi connectivity index (χ2v) is 4.10. The first kappa shape index (κ1) is 12.7. The van der Waals surface area contributed by atoms with E-state index in [2.05, 4.69) is 25.7 Å². The van der Waals surface area contributed by atoms with Gasteiger partial charge in [-0.2, -0.15) is 0 Å². The van der Waals surface area contributed by atoms with Gasteiger partial charge in [0.05, 0.1) is 0 Å². The van der Waals surface area contributed by atoms with Gasteiger partial charge in [-0.05, 0) is 32.5 Å². The van der Waals surface area contributed by atoms with Crippen LogP contribution in [0.4, 0.5) is 0 Å². The second kappa shape index (κ2) is 7.13. The lowest BCUT2D eigenvalue weighted by Crippen LogP contribution is -2.41. The largest absolute Gasteiger partial charge is 0.376 e. The van der Waals surface area contributed by atoms with E-state index in [4.69, 9.17) is 18.0 Å². The number of hydrogen-bond acceptors (Lipinski definition) is 1. The second-order valence-electron chi connectivity index (χ2n) is 3.69. The van der Waals surface area contributed by atoms with Gasteiger partial charge < -0.3 is 10.6 Å². The molecule has 0 aromatic heterocycles. The molecule has 0 saturated carbocycles. The van der Waals surface area contributed by atoms with Gasteiger partial charge in [-0.1, -0.05) is 26.2 Å². The van der Waals surface area contributed by atoms with Gasteiger partial charge in [0.2, 0.25) is 0 Å². The summed E-state index contributed by atoms with van der Waals surface area (Å²) in [6.45, 7) is 7.47. The fourth-order valence-corrected chi connectivity index (χ4v) is 1.63. The van der Waals surface area contributed by atoms with E-state index in [1.807, 2.05) is 0 Å². The Kier molecular flexibility index (Phi) is 6.96. The van der Waals surface area contributed by atoms with E-state index in [1.54, 1.807) is 0 Å². The molecule has 0 saturated heterocycles. The molecule has 0 spiro atoms. The normalized spacial score (nSPS) is 10.5. The van der Waals surface area contributed by atoms with Gasteiger partial charge in [-0.15, -0.1) is 0 Å². The molecule has 0 fully saturated rings. The Morgan fingerprint density at radius 2 is 1.92 bits per heavy atom. The summed E-state index contributed by atoms with van der Waals surface area (Å²) in [4.78, 5) is 2.09. The highest BCUT2D eigenvalue weighted by Crippen LogP contribution is 2.04. The van der Waals surface area contributed by atoms with Crippen molar-refractivity contribution in [1.82, 2.24) is 4.90 Å². The topological polar surface area (TPSA) is 29.3 Å². The van der Waals surface area contributed by atoms with Gasteiger partial charge in [0, 0.05) is 12.6 Å². The average Bonchev–Trinajstić information content (AvgIpc) is 2.02. The zero-order valence-electron chi connectivity index (χ0n) is 9.05. The number of hydrogen-bond donors (Lipinski definition) is 1. The Labute approximate surface area is 87.5 Å². The molecule has 0 heterocycles. The number of nitrogens with two attached hydrogens (primary N) is 1. The van der Waals surface area contributed by atoms with Crippen LogP contribution in [0.15, 0.2) is 0 Å². The summed E-state index contributed by atoms with van der Waals surface area (Å²) < 4.78 is 0. The average molecular weight is 202 g/mol. The molecule has 2 N–H and O–H groups in total. The molecule has 0 amide bonds. The van der Waals surface area contributed by atoms with Crippen molar-refractivity contribution in [2.75, 3.05) is 6.54 Å². The van der Waals surface area contributed by atoms with E-state index >= 15 is 0 Å². The van der Waals surface area contributed by atoms with Crippen molar-refractivity contribution in [2.24, 2.45) is 5.73 Å².